The maximum Gasteiger partial charge on any atom is 0.494 e. The predicted molar refractivity (Wildman–Crippen MR) is 79.7 cm³/mol. The van der Waals surface area contributed by atoms with Crippen LogP contribution in [0.1, 0.15) is 27.7 Å². The molecule has 2 heterocycles. The van der Waals surface area contributed by atoms with Gasteiger partial charge in [-0.3, -0.25) is 0 Å². The highest BCUT2D eigenvalue weighted by molar-refractivity contribution is 6.62. The first kappa shape index (κ1) is 13.4. The maximum atomic E-state index is 6.04. The van der Waals surface area contributed by atoms with Crippen molar-refractivity contribution in [3.8, 4) is 11.4 Å². The standard InChI is InChI=1S/C15H19BN2O2/c1-14(2)15(3,4)20-16(19-14)12-7-5-11(6-8-12)13-17-9-10-18-13/h5-10H,1-4H3,(H,17,18). The summed E-state index contributed by atoms with van der Waals surface area (Å²) < 4.78 is 12.1. The van der Waals surface area contributed by atoms with Crippen LogP contribution in [0, 0.1) is 0 Å². The molecule has 0 bridgehead atoms. The number of aromatic amines is 1. The van der Waals surface area contributed by atoms with E-state index >= 15 is 0 Å². The Morgan fingerprint density at radius 1 is 1.00 bits per heavy atom. The van der Waals surface area contributed by atoms with Crippen LogP contribution in [-0.2, 0) is 9.31 Å². The fourth-order valence-electron chi connectivity index (χ4n) is 2.20. The second-order valence-electron chi connectivity index (χ2n) is 6.15. The minimum Gasteiger partial charge on any atom is -0.399 e. The Labute approximate surface area is 119 Å². The third-order valence-corrected chi connectivity index (χ3v) is 4.21. The fraction of sp³-hybridized carbons (Fsp3) is 0.400. The molecule has 1 aliphatic rings. The third-order valence-electron chi connectivity index (χ3n) is 4.21. The van der Waals surface area contributed by atoms with Crippen LogP contribution in [0.3, 0.4) is 0 Å². The van der Waals surface area contributed by atoms with Gasteiger partial charge in [-0.25, -0.2) is 4.98 Å². The number of aromatic nitrogens is 2. The highest BCUT2D eigenvalue weighted by Gasteiger charge is 2.51. The van der Waals surface area contributed by atoms with E-state index in [1.807, 2.05) is 30.5 Å². The molecule has 5 heteroatoms. The SMILES string of the molecule is CC1(C)OB(c2ccc(-c3ncc[nH]3)cc2)OC1(C)C. The number of imidazole rings is 1. The molecule has 1 aliphatic heterocycles. The summed E-state index contributed by atoms with van der Waals surface area (Å²) in [4.78, 5) is 7.34. The minimum absolute atomic E-state index is 0.308. The van der Waals surface area contributed by atoms with Gasteiger partial charge in [0.05, 0.1) is 11.2 Å². The van der Waals surface area contributed by atoms with E-state index in [4.69, 9.17) is 9.31 Å². The van der Waals surface area contributed by atoms with E-state index in [9.17, 15) is 0 Å². The zero-order valence-corrected chi connectivity index (χ0v) is 12.3. The first-order valence-corrected chi connectivity index (χ1v) is 6.84. The summed E-state index contributed by atoms with van der Waals surface area (Å²) in [5.41, 5.74) is 1.46. The first-order chi connectivity index (χ1) is 9.39. The maximum absolute atomic E-state index is 6.04. The Morgan fingerprint density at radius 2 is 1.60 bits per heavy atom. The molecule has 1 saturated heterocycles. The molecule has 0 saturated carbocycles. The lowest BCUT2D eigenvalue weighted by atomic mass is 9.79. The molecule has 1 aromatic carbocycles. The molecule has 2 aromatic rings. The first-order valence-electron chi connectivity index (χ1n) is 6.84. The zero-order valence-electron chi connectivity index (χ0n) is 12.3. The van der Waals surface area contributed by atoms with Crippen LogP contribution < -0.4 is 5.46 Å². The van der Waals surface area contributed by atoms with Crippen LogP contribution in [0.25, 0.3) is 11.4 Å². The van der Waals surface area contributed by atoms with E-state index in [1.54, 1.807) is 6.20 Å². The van der Waals surface area contributed by atoms with E-state index in [2.05, 4.69) is 37.7 Å². The third kappa shape index (κ3) is 2.17. The van der Waals surface area contributed by atoms with Crippen LogP contribution in [0.4, 0.5) is 0 Å². The van der Waals surface area contributed by atoms with Crippen molar-refractivity contribution in [2.75, 3.05) is 0 Å². The van der Waals surface area contributed by atoms with Crippen LogP contribution in [0.5, 0.6) is 0 Å². The van der Waals surface area contributed by atoms with E-state index in [-0.39, 0.29) is 18.3 Å². The molecule has 20 heavy (non-hydrogen) atoms. The number of rotatable bonds is 2. The zero-order chi connectivity index (χ0) is 14.4. The number of benzene rings is 1. The summed E-state index contributed by atoms with van der Waals surface area (Å²) in [5.74, 6) is 0.866. The van der Waals surface area contributed by atoms with Crippen molar-refractivity contribution in [3.05, 3.63) is 36.7 Å². The quantitative estimate of drug-likeness (QED) is 0.852. The summed E-state index contributed by atoms with van der Waals surface area (Å²) in [7, 11) is -0.314. The summed E-state index contributed by atoms with van der Waals surface area (Å²) >= 11 is 0. The van der Waals surface area contributed by atoms with Crippen molar-refractivity contribution < 1.29 is 9.31 Å². The fourth-order valence-corrected chi connectivity index (χ4v) is 2.20. The van der Waals surface area contributed by atoms with Gasteiger partial charge in [-0.1, -0.05) is 24.3 Å². The van der Waals surface area contributed by atoms with Crippen LogP contribution in [-0.4, -0.2) is 28.3 Å². The van der Waals surface area contributed by atoms with Gasteiger partial charge in [-0.2, -0.15) is 0 Å². The van der Waals surface area contributed by atoms with E-state index in [0.717, 1.165) is 16.9 Å². The number of hydrogen-bond acceptors (Lipinski definition) is 3. The Morgan fingerprint density at radius 3 is 2.10 bits per heavy atom. The lowest BCUT2D eigenvalue weighted by Gasteiger charge is -2.32. The summed E-state index contributed by atoms with van der Waals surface area (Å²) in [6.07, 6.45) is 3.56. The van der Waals surface area contributed by atoms with E-state index < -0.39 is 0 Å². The Bertz CT molecular complexity index is 575. The second kappa shape index (κ2) is 4.47. The Hall–Kier alpha value is -1.59. The number of hydrogen-bond donors (Lipinski definition) is 1. The summed E-state index contributed by atoms with van der Waals surface area (Å²) in [6, 6.07) is 8.11. The molecule has 104 valence electrons. The minimum atomic E-state index is -0.314. The average molecular weight is 270 g/mol. The van der Waals surface area contributed by atoms with Gasteiger partial charge in [-0.15, -0.1) is 0 Å². The molecule has 3 rings (SSSR count). The molecule has 0 atom stereocenters. The number of nitrogens with one attached hydrogen (secondary N) is 1. The molecule has 4 nitrogen and oxygen atoms in total. The van der Waals surface area contributed by atoms with Gasteiger partial charge in [0.25, 0.3) is 0 Å². The highest BCUT2D eigenvalue weighted by Crippen LogP contribution is 2.36. The molecule has 0 spiro atoms. The van der Waals surface area contributed by atoms with Gasteiger partial charge in [0.1, 0.15) is 5.82 Å². The van der Waals surface area contributed by atoms with Crippen molar-refractivity contribution in [1.82, 2.24) is 9.97 Å². The average Bonchev–Trinajstić information content (AvgIpc) is 2.97. The molecular formula is C15H19BN2O2. The smallest absolute Gasteiger partial charge is 0.399 e. The molecular weight excluding hydrogens is 251 g/mol. The molecule has 0 amide bonds. The molecule has 1 N–H and O–H groups in total. The number of nitrogens with zero attached hydrogens (tertiary/aromatic N) is 1. The highest BCUT2D eigenvalue weighted by atomic mass is 16.7. The van der Waals surface area contributed by atoms with E-state index in [0.29, 0.717) is 0 Å². The molecule has 0 unspecified atom stereocenters. The van der Waals surface area contributed by atoms with Crippen molar-refractivity contribution >= 4 is 12.6 Å². The van der Waals surface area contributed by atoms with Gasteiger partial charge < -0.3 is 14.3 Å². The van der Waals surface area contributed by atoms with Crippen LogP contribution in [0.15, 0.2) is 36.7 Å². The number of H-pyrrole nitrogens is 1. The Kier molecular flexibility index (Phi) is 2.99. The monoisotopic (exact) mass is 270 g/mol. The molecule has 0 aliphatic carbocycles. The van der Waals surface area contributed by atoms with Crippen LogP contribution in [0.2, 0.25) is 0 Å². The topological polar surface area (TPSA) is 47.1 Å². The summed E-state index contributed by atoms with van der Waals surface area (Å²) in [5, 5.41) is 0. The normalized spacial score (nSPS) is 20.3. The lowest BCUT2D eigenvalue weighted by Crippen LogP contribution is -2.41. The molecule has 0 radical (unpaired) electrons. The Balaban J connectivity index is 1.83. The van der Waals surface area contributed by atoms with Crippen molar-refractivity contribution in [3.63, 3.8) is 0 Å². The predicted octanol–water partition coefficient (Wildman–Crippen LogP) is 2.38. The summed E-state index contributed by atoms with van der Waals surface area (Å²) in [6.45, 7) is 8.24. The van der Waals surface area contributed by atoms with Crippen LogP contribution >= 0.6 is 0 Å². The van der Waals surface area contributed by atoms with Crippen molar-refractivity contribution in [2.24, 2.45) is 0 Å². The van der Waals surface area contributed by atoms with Crippen molar-refractivity contribution in [1.29, 1.82) is 0 Å². The van der Waals surface area contributed by atoms with Gasteiger partial charge in [0, 0.05) is 18.0 Å². The molecule has 1 aromatic heterocycles. The van der Waals surface area contributed by atoms with Gasteiger partial charge in [0.2, 0.25) is 0 Å². The van der Waals surface area contributed by atoms with Gasteiger partial charge >= 0.3 is 7.12 Å². The van der Waals surface area contributed by atoms with E-state index in [1.165, 1.54) is 0 Å². The van der Waals surface area contributed by atoms with Gasteiger partial charge in [0.15, 0.2) is 0 Å². The van der Waals surface area contributed by atoms with Gasteiger partial charge in [-0.05, 0) is 33.2 Å². The largest absolute Gasteiger partial charge is 0.494 e. The van der Waals surface area contributed by atoms with Crippen molar-refractivity contribution in [2.45, 2.75) is 38.9 Å². The second-order valence-corrected chi connectivity index (χ2v) is 6.15. The lowest BCUT2D eigenvalue weighted by molar-refractivity contribution is 0.00578. The molecule has 1 fully saturated rings.